The summed E-state index contributed by atoms with van der Waals surface area (Å²) >= 11 is 5.90. The quantitative estimate of drug-likeness (QED) is 0.834. The van der Waals surface area contributed by atoms with Gasteiger partial charge in [-0.3, -0.25) is 9.59 Å². The monoisotopic (exact) mass is 271 g/mol. The Labute approximate surface area is 110 Å². The zero-order valence-corrected chi connectivity index (χ0v) is 10.9. The predicted molar refractivity (Wildman–Crippen MR) is 67.9 cm³/mol. The minimum atomic E-state index is -0.419. The average Bonchev–Trinajstić information content (AvgIpc) is 2.36. The Kier molecular flexibility index (Phi) is 5.45. The molecule has 0 heterocycles. The van der Waals surface area contributed by atoms with Crippen LogP contribution in [0.2, 0.25) is 5.02 Å². The third kappa shape index (κ3) is 4.25. The molecular weight excluding hydrogens is 258 g/mol. The van der Waals surface area contributed by atoms with E-state index in [0.717, 1.165) is 0 Å². The highest BCUT2D eigenvalue weighted by atomic mass is 35.5. The minimum Gasteiger partial charge on any atom is -0.495 e. The van der Waals surface area contributed by atoms with E-state index in [2.05, 4.69) is 5.32 Å². The number of hydrogen-bond acceptors (Lipinski definition) is 4. The smallest absolute Gasteiger partial charge is 0.306 e. The van der Waals surface area contributed by atoms with Crippen LogP contribution in [0.5, 0.6) is 5.75 Å². The van der Waals surface area contributed by atoms with Gasteiger partial charge < -0.3 is 14.8 Å². The summed E-state index contributed by atoms with van der Waals surface area (Å²) in [5.41, 5.74) is 0.512. The Morgan fingerprint density at radius 1 is 1.39 bits per heavy atom. The van der Waals surface area contributed by atoms with Gasteiger partial charge in [-0.25, -0.2) is 0 Å². The van der Waals surface area contributed by atoms with Gasteiger partial charge in [0.1, 0.15) is 5.75 Å². The fourth-order valence-corrected chi connectivity index (χ4v) is 1.45. The van der Waals surface area contributed by atoms with Crippen LogP contribution in [-0.4, -0.2) is 25.6 Å². The van der Waals surface area contributed by atoms with E-state index in [-0.39, 0.29) is 13.0 Å². The number of esters is 1. The van der Waals surface area contributed by atoms with Crippen LogP contribution in [0.25, 0.3) is 0 Å². The van der Waals surface area contributed by atoms with Crippen molar-refractivity contribution in [3.63, 3.8) is 0 Å². The molecule has 5 nitrogen and oxygen atoms in total. The highest BCUT2D eigenvalue weighted by Gasteiger charge is 2.07. The van der Waals surface area contributed by atoms with Crippen molar-refractivity contribution in [3.05, 3.63) is 23.2 Å². The fourth-order valence-electron chi connectivity index (χ4n) is 1.19. The maximum Gasteiger partial charge on any atom is 0.306 e. The lowest BCUT2D eigenvalue weighted by Gasteiger charge is -2.08. The van der Waals surface area contributed by atoms with Crippen LogP contribution in [0.1, 0.15) is 13.3 Å². The van der Waals surface area contributed by atoms with Crippen LogP contribution >= 0.6 is 11.6 Å². The van der Waals surface area contributed by atoms with Crippen molar-refractivity contribution in [2.75, 3.05) is 19.0 Å². The number of benzene rings is 1. The molecule has 0 spiro atoms. The Bertz CT molecular complexity index is 448. The fraction of sp³-hybridized carbons (Fsp3) is 0.333. The van der Waals surface area contributed by atoms with Crippen molar-refractivity contribution in [1.29, 1.82) is 0 Å². The standard InChI is InChI=1S/C12H14ClNO4/c1-3-12(16)18-7-11(15)14-8-4-5-10(17-2)9(13)6-8/h4-6H,3,7H2,1-2H3,(H,14,15). The van der Waals surface area contributed by atoms with Crippen molar-refractivity contribution >= 4 is 29.2 Å². The van der Waals surface area contributed by atoms with Crippen LogP contribution in [0.4, 0.5) is 5.69 Å². The molecule has 98 valence electrons. The van der Waals surface area contributed by atoms with E-state index in [9.17, 15) is 9.59 Å². The van der Waals surface area contributed by atoms with Gasteiger partial charge in [-0.05, 0) is 18.2 Å². The van der Waals surface area contributed by atoms with Gasteiger partial charge >= 0.3 is 5.97 Å². The molecule has 1 aromatic carbocycles. The molecule has 1 rings (SSSR count). The van der Waals surface area contributed by atoms with E-state index in [1.807, 2.05) is 0 Å². The first-order valence-corrected chi connectivity index (χ1v) is 5.73. The normalized spacial score (nSPS) is 9.72. The number of nitrogens with one attached hydrogen (secondary N) is 1. The molecule has 6 heteroatoms. The molecule has 0 aliphatic heterocycles. The maximum atomic E-state index is 11.4. The Morgan fingerprint density at radius 3 is 2.67 bits per heavy atom. The minimum absolute atomic E-state index is 0.238. The van der Waals surface area contributed by atoms with Crippen molar-refractivity contribution < 1.29 is 19.1 Å². The van der Waals surface area contributed by atoms with Crippen LogP contribution < -0.4 is 10.1 Å². The van der Waals surface area contributed by atoms with Gasteiger partial charge in [-0.1, -0.05) is 18.5 Å². The SMILES string of the molecule is CCC(=O)OCC(=O)Nc1ccc(OC)c(Cl)c1. The van der Waals surface area contributed by atoms with E-state index in [4.69, 9.17) is 21.1 Å². The molecule has 0 saturated carbocycles. The number of rotatable bonds is 5. The summed E-state index contributed by atoms with van der Waals surface area (Å²) in [5.74, 6) is -0.317. The first kappa shape index (κ1) is 14.3. The molecule has 0 saturated heterocycles. The summed E-state index contributed by atoms with van der Waals surface area (Å²) in [5, 5.41) is 2.95. The summed E-state index contributed by atoms with van der Waals surface area (Å²) < 4.78 is 9.68. The van der Waals surface area contributed by atoms with Gasteiger partial charge in [0.15, 0.2) is 6.61 Å². The van der Waals surface area contributed by atoms with Gasteiger partial charge in [0.2, 0.25) is 0 Å². The molecule has 0 bridgehead atoms. The summed E-state index contributed by atoms with van der Waals surface area (Å²) in [6.07, 6.45) is 0.238. The molecule has 0 unspecified atom stereocenters. The average molecular weight is 272 g/mol. The van der Waals surface area contributed by atoms with Crippen molar-refractivity contribution in [2.45, 2.75) is 13.3 Å². The topological polar surface area (TPSA) is 64.6 Å². The second-order valence-corrected chi connectivity index (χ2v) is 3.82. The van der Waals surface area contributed by atoms with Gasteiger partial charge in [0, 0.05) is 12.1 Å². The number of amides is 1. The van der Waals surface area contributed by atoms with Gasteiger partial charge in [-0.15, -0.1) is 0 Å². The zero-order chi connectivity index (χ0) is 13.5. The number of ether oxygens (including phenoxy) is 2. The van der Waals surface area contributed by atoms with Crippen LogP contribution in [0, 0.1) is 0 Å². The second-order valence-electron chi connectivity index (χ2n) is 3.41. The molecule has 0 aliphatic rings. The lowest BCUT2D eigenvalue weighted by Crippen LogP contribution is -2.20. The van der Waals surface area contributed by atoms with E-state index < -0.39 is 11.9 Å². The number of anilines is 1. The highest BCUT2D eigenvalue weighted by Crippen LogP contribution is 2.27. The molecule has 0 fully saturated rings. The molecule has 0 radical (unpaired) electrons. The van der Waals surface area contributed by atoms with Crippen LogP contribution in [0.15, 0.2) is 18.2 Å². The molecular formula is C12H14ClNO4. The van der Waals surface area contributed by atoms with E-state index in [1.54, 1.807) is 25.1 Å². The predicted octanol–water partition coefficient (Wildman–Crippen LogP) is 2.24. The van der Waals surface area contributed by atoms with Crippen molar-refractivity contribution in [1.82, 2.24) is 0 Å². The summed E-state index contributed by atoms with van der Waals surface area (Å²) in [4.78, 5) is 22.3. The summed E-state index contributed by atoms with van der Waals surface area (Å²) in [7, 11) is 1.50. The maximum absolute atomic E-state index is 11.4. The van der Waals surface area contributed by atoms with Gasteiger partial charge in [0.25, 0.3) is 5.91 Å². The highest BCUT2D eigenvalue weighted by molar-refractivity contribution is 6.32. The molecule has 0 aliphatic carbocycles. The molecule has 0 aromatic heterocycles. The van der Waals surface area contributed by atoms with Crippen LogP contribution in [-0.2, 0) is 14.3 Å². The molecule has 18 heavy (non-hydrogen) atoms. The summed E-state index contributed by atoms with van der Waals surface area (Å²) in [6, 6.07) is 4.83. The first-order chi connectivity index (χ1) is 8.56. The van der Waals surface area contributed by atoms with Crippen molar-refractivity contribution in [2.24, 2.45) is 0 Å². The molecule has 0 atom stereocenters. The summed E-state index contributed by atoms with van der Waals surface area (Å²) in [6.45, 7) is 1.35. The number of halogens is 1. The molecule has 1 amide bonds. The van der Waals surface area contributed by atoms with E-state index >= 15 is 0 Å². The van der Waals surface area contributed by atoms with E-state index in [1.165, 1.54) is 7.11 Å². The Morgan fingerprint density at radius 2 is 2.11 bits per heavy atom. The Balaban J connectivity index is 2.54. The number of carbonyl (C=O) groups is 2. The van der Waals surface area contributed by atoms with E-state index in [0.29, 0.717) is 16.5 Å². The molecule has 1 N–H and O–H groups in total. The molecule has 1 aromatic rings. The lowest BCUT2D eigenvalue weighted by atomic mass is 10.3. The number of hydrogen-bond donors (Lipinski definition) is 1. The number of methoxy groups -OCH3 is 1. The number of carbonyl (C=O) groups excluding carboxylic acids is 2. The van der Waals surface area contributed by atoms with Gasteiger partial charge in [0.05, 0.1) is 12.1 Å². The third-order valence-corrected chi connectivity index (χ3v) is 2.38. The van der Waals surface area contributed by atoms with Crippen molar-refractivity contribution in [3.8, 4) is 5.75 Å². The van der Waals surface area contributed by atoms with Gasteiger partial charge in [-0.2, -0.15) is 0 Å². The van der Waals surface area contributed by atoms with Crippen LogP contribution in [0.3, 0.4) is 0 Å². The third-order valence-electron chi connectivity index (χ3n) is 2.09. The zero-order valence-electron chi connectivity index (χ0n) is 10.2. The largest absolute Gasteiger partial charge is 0.495 e. The first-order valence-electron chi connectivity index (χ1n) is 5.35. The lowest BCUT2D eigenvalue weighted by molar-refractivity contribution is -0.146. The second kappa shape index (κ2) is 6.86. The Hall–Kier alpha value is -1.75.